The molecule has 0 atom stereocenters. The number of fused-ring (bicyclic) bond motifs is 1. The number of phenols is 1. The van der Waals surface area contributed by atoms with Crippen LogP contribution in [0, 0.1) is 0 Å². The first-order valence-electron chi connectivity index (χ1n) is 6.36. The lowest BCUT2D eigenvalue weighted by atomic mass is 10.2. The van der Waals surface area contributed by atoms with Crippen molar-refractivity contribution in [1.29, 1.82) is 0 Å². The molecule has 0 aliphatic carbocycles. The first kappa shape index (κ1) is 17.5. The fourth-order valence-electron chi connectivity index (χ4n) is 2.15. The number of aromatic hydroxyl groups is 1. The summed E-state index contributed by atoms with van der Waals surface area (Å²) < 4.78 is 27.5. The van der Waals surface area contributed by atoms with E-state index in [0.717, 1.165) is 12.1 Å². The normalized spacial score (nSPS) is 11.8. The predicted octanol–water partition coefficient (Wildman–Crippen LogP) is 5.29. The molecule has 0 spiro atoms. The van der Waals surface area contributed by atoms with E-state index in [1.54, 1.807) is 0 Å². The second-order valence-electron chi connectivity index (χ2n) is 4.82. The Bertz CT molecular complexity index is 1040. The lowest BCUT2D eigenvalue weighted by Crippen LogP contribution is -2.13. The summed E-state index contributed by atoms with van der Waals surface area (Å²) in [5.74, 6) is -0.387. The predicted molar refractivity (Wildman–Crippen MR) is 97.3 cm³/mol. The first-order valence-corrected chi connectivity index (χ1v) is 9.36. The van der Waals surface area contributed by atoms with Crippen molar-refractivity contribution in [2.24, 2.45) is 0 Å². The quantitative estimate of drug-likeness (QED) is 0.533. The second kappa shape index (κ2) is 6.20. The van der Waals surface area contributed by atoms with Crippen LogP contribution >= 0.6 is 46.4 Å². The summed E-state index contributed by atoms with van der Waals surface area (Å²) in [4.78, 5) is 2.67. The van der Waals surface area contributed by atoms with Gasteiger partial charge in [-0.05, 0) is 24.3 Å². The van der Waals surface area contributed by atoms with Crippen LogP contribution in [-0.4, -0.2) is 18.5 Å². The highest BCUT2D eigenvalue weighted by Gasteiger charge is 2.20. The van der Waals surface area contributed by atoms with Gasteiger partial charge in [-0.15, -0.1) is 0 Å². The molecule has 126 valence electrons. The Balaban J connectivity index is 2.10. The summed E-state index contributed by atoms with van der Waals surface area (Å²) in [5, 5.41) is 10.5. The van der Waals surface area contributed by atoms with Gasteiger partial charge >= 0.3 is 0 Å². The molecule has 3 N–H and O–H groups in total. The lowest BCUT2D eigenvalue weighted by Gasteiger charge is -2.11. The van der Waals surface area contributed by atoms with E-state index in [9.17, 15) is 13.5 Å². The van der Waals surface area contributed by atoms with Crippen molar-refractivity contribution in [2.45, 2.75) is 4.90 Å². The number of benzene rings is 2. The zero-order valence-corrected chi connectivity index (χ0v) is 15.4. The average molecular weight is 426 g/mol. The molecule has 1 heterocycles. The molecule has 0 aliphatic heterocycles. The Morgan fingerprint density at radius 1 is 0.958 bits per heavy atom. The summed E-state index contributed by atoms with van der Waals surface area (Å²) in [6.07, 6.45) is 1.50. The molecule has 3 aromatic rings. The van der Waals surface area contributed by atoms with Crippen LogP contribution in [0.3, 0.4) is 0 Å². The average Bonchev–Trinajstić information content (AvgIpc) is 2.90. The van der Waals surface area contributed by atoms with Gasteiger partial charge in [-0.2, -0.15) is 0 Å². The monoisotopic (exact) mass is 424 g/mol. The van der Waals surface area contributed by atoms with Crippen molar-refractivity contribution in [3.05, 3.63) is 50.6 Å². The third kappa shape index (κ3) is 3.00. The lowest BCUT2D eigenvalue weighted by molar-refractivity contribution is 0.475. The number of hydrogen-bond acceptors (Lipinski definition) is 3. The van der Waals surface area contributed by atoms with Gasteiger partial charge in [0, 0.05) is 11.6 Å². The maximum absolute atomic E-state index is 12.6. The largest absolute Gasteiger partial charge is 0.505 e. The Kier molecular flexibility index (Phi) is 4.53. The molecule has 1 aromatic heterocycles. The van der Waals surface area contributed by atoms with E-state index in [4.69, 9.17) is 46.4 Å². The molecule has 0 bridgehead atoms. The number of hydrogen-bond donors (Lipinski definition) is 3. The molecule has 2 aromatic carbocycles. The van der Waals surface area contributed by atoms with E-state index >= 15 is 0 Å². The van der Waals surface area contributed by atoms with Crippen molar-refractivity contribution in [1.82, 2.24) is 4.98 Å². The minimum atomic E-state index is -4.01. The van der Waals surface area contributed by atoms with Gasteiger partial charge in [0.2, 0.25) is 0 Å². The zero-order chi connectivity index (χ0) is 17.6. The Hall–Kier alpha value is -1.31. The van der Waals surface area contributed by atoms with E-state index in [0.29, 0.717) is 20.9 Å². The molecule has 0 fully saturated rings. The maximum atomic E-state index is 12.6. The van der Waals surface area contributed by atoms with Gasteiger partial charge in [-0.25, -0.2) is 8.42 Å². The van der Waals surface area contributed by atoms with E-state index < -0.39 is 10.0 Å². The van der Waals surface area contributed by atoms with Crippen LogP contribution in [0.15, 0.2) is 35.4 Å². The van der Waals surface area contributed by atoms with Gasteiger partial charge in [-0.1, -0.05) is 46.4 Å². The SMILES string of the molecule is O=S(=O)(Nc1ccc(Cl)c2c(Cl)c[nH]c12)c1cc(Cl)c(O)c(Cl)c1. The van der Waals surface area contributed by atoms with Crippen LogP contribution in [0.1, 0.15) is 0 Å². The Morgan fingerprint density at radius 3 is 2.21 bits per heavy atom. The van der Waals surface area contributed by atoms with Gasteiger partial charge in [0.1, 0.15) is 0 Å². The number of aromatic amines is 1. The second-order valence-corrected chi connectivity index (χ2v) is 8.13. The summed E-state index contributed by atoms with van der Waals surface area (Å²) in [6.45, 7) is 0. The summed E-state index contributed by atoms with van der Waals surface area (Å²) >= 11 is 23.7. The van der Waals surface area contributed by atoms with Gasteiger partial charge in [0.25, 0.3) is 10.0 Å². The van der Waals surface area contributed by atoms with E-state index in [1.807, 2.05) is 0 Å². The first-order chi connectivity index (χ1) is 11.2. The minimum Gasteiger partial charge on any atom is -0.505 e. The zero-order valence-electron chi connectivity index (χ0n) is 11.6. The summed E-state index contributed by atoms with van der Waals surface area (Å²) in [5.41, 5.74) is 0.689. The van der Waals surface area contributed by atoms with Crippen LogP contribution in [-0.2, 0) is 10.0 Å². The van der Waals surface area contributed by atoms with Crippen LogP contribution in [0.5, 0.6) is 5.75 Å². The maximum Gasteiger partial charge on any atom is 0.262 e. The summed E-state index contributed by atoms with van der Waals surface area (Å²) in [7, 11) is -4.01. The Labute approximate surface area is 157 Å². The molecule has 0 amide bonds. The summed E-state index contributed by atoms with van der Waals surface area (Å²) in [6, 6.07) is 5.22. The van der Waals surface area contributed by atoms with Gasteiger partial charge < -0.3 is 10.1 Å². The van der Waals surface area contributed by atoms with Crippen molar-refractivity contribution in [2.75, 3.05) is 4.72 Å². The highest BCUT2D eigenvalue weighted by Crippen LogP contribution is 2.37. The van der Waals surface area contributed by atoms with Crippen molar-refractivity contribution < 1.29 is 13.5 Å². The van der Waals surface area contributed by atoms with Crippen molar-refractivity contribution in [3.8, 4) is 5.75 Å². The standard InChI is InChI=1S/C14H8Cl4N2O3S/c15-7-1-2-11(13-12(7)10(18)5-19-13)20-24(22,23)6-3-8(16)14(21)9(17)4-6/h1-5,19-21H. The van der Waals surface area contributed by atoms with Gasteiger partial charge in [0.05, 0.1) is 36.2 Å². The smallest absolute Gasteiger partial charge is 0.262 e. The van der Waals surface area contributed by atoms with Crippen LogP contribution in [0.25, 0.3) is 10.9 Å². The van der Waals surface area contributed by atoms with E-state index in [-0.39, 0.29) is 26.4 Å². The molecule has 5 nitrogen and oxygen atoms in total. The third-order valence-corrected chi connectivity index (χ3v) is 5.82. The molecular formula is C14H8Cl4N2O3S. The number of aromatic nitrogens is 1. The highest BCUT2D eigenvalue weighted by atomic mass is 35.5. The van der Waals surface area contributed by atoms with Crippen molar-refractivity contribution >= 4 is 73.0 Å². The number of rotatable bonds is 3. The molecule has 0 saturated carbocycles. The van der Waals surface area contributed by atoms with Crippen molar-refractivity contribution in [3.63, 3.8) is 0 Å². The van der Waals surface area contributed by atoms with Crippen LogP contribution < -0.4 is 4.72 Å². The number of phenolic OH excluding ortho intramolecular Hbond substituents is 1. The number of nitrogens with one attached hydrogen (secondary N) is 2. The number of sulfonamides is 1. The molecule has 0 unspecified atom stereocenters. The third-order valence-electron chi connectivity index (χ3n) is 3.28. The molecule has 24 heavy (non-hydrogen) atoms. The number of halogens is 4. The van der Waals surface area contributed by atoms with E-state index in [1.165, 1.54) is 18.3 Å². The van der Waals surface area contributed by atoms with Crippen LogP contribution in [0.2, 0.25) is 20.1 Å². The number of H-pyrrole nitrogens is 1. The molecule has 0 aliphatic rings. The van der Waals surface area contributed by atoms with Gasteiger partial charge in [0.15, 0.2) is 5.75 Å². The topological polar surface area (TPSA) is 82.2 Å². The number of anilines is 1. The van der Waals surface area contributed by atoms with E-state index in [2.05, 4.69) is 9.71 Å². The molecule has 3 rings (SSSR count). The fourth-order valence-corrected chi connectivity index (χ4v) is 4.45. The highest BCUT2D eigenvalue weighted by molar-refractivity contribution is 7.92. The minimum absolute atomic E-state index is 0.174. The van der Waals surface area contributed by atoms with Crippen LogP contribution in [0.4, 0.5) is 5.69 Å². The fraction of sp³-hybridized carbons (Fsp3) is 0. The molecule has 0 radical (unpaired) electrons. The molecule has 10 heteroatoms. The molecular weight excluding hydrogens is 418 g/mol. The Morgan fingerprint density at radius 2 is 1.58 bits per heavy atom. The molecule has 0 saturated heterocycles. The van der Waals surface area contributed by atoms with Gasteiger partial charge in [-0.3, -0.25) is 4.72 Å².